The van der Waals surface area contributed by atoms with Crippen molar-refractivity contribution in [2.24, 2.45) is 5.41 Å². The Labute approximate surface area is 229 Å². The standard InChI is InChI=1S/C28H31ClF3N3O4/c1-39-18-2-3-23-19(14-18)26(20(29)16-34-23)24(36)4-5-28(15-25(37)38)6-9-35(10-7-28)11-8-33-17-12-21(30)27(32)22(31)13-17/h2-3,12-14,16,24,33,36H,4-11,15H2,1H3,(H,37,38). The van der Waals surface area contributed by atoms with Crippen LogP contribution < -0.4 is 10.1 Å². The van der Waals surface area contributed by atoms with E-state index in [-0.39, 0.29) is 12.1 Å². The first kappa shape index (κ1) is 28.9. The number of nitrogens with one attached hydrogen (secondary N) is 1. The summed E-state index contributed by atoms with van der Waals surface area (Å²) in [7, 11) is 1.55. The maximum absolute atomic E-state index is 13.4. The summed E-state index contributed by atoms with van der Waals surface area (Å²) in [5.74, 6) is -4.29. The summed E-state index contributed by atoms with van der Waals surface area (Å²) < 4.78 is 45.3. The molecule has 2 aromatic carbocycles. The third-order valence-corrected chi connectivity index (χ3v) is 7.83. The van der Waals surface area contributed by atoms with Crippen molar-refractivity contribution in [1.29, 1.82) is 0 Å². The zero-order valence-electron chi connectivity index (χ0n) is 21.5. The number of benzene rings is 2. The number of aliphatic hydroxyl groups is 1. The lowest BCUT2D eigenvalue weighted by molar-refractivity contribution is -0.141. The predicted octanol–water partition coefficient (Wildman–Crippen LogP) is 5.80. The summed E-state index contributed by atoms with van der Waals surface area (Å²) in [5, 5.41) is 24.7. The van der Waals surface area contributed by atoms with E-state index in [0.29, 0.717) is 79.1 Å². The van der Waals surface area contributed by atoms with E-state index in [1.165, 1.54) is 6.20 Å². The van der Waals surface area contributed by atoms with Crippen molar-refractivity contribution in [1.82, 2.24) is 9.88 Å². The van der Waals surface area contributed by atoms with Gasteiger partial charge in [0.2, 0.25) is 0 Å². The van der Waals surface area contributed by atoms with Crippen LogP contribution >= 0.6 is 11.6 Å². The minimum absolute atomic E-state index is 0.0153. The number of anilines is 1. The second-order valence-corrected chi connectivity index (χ2v) is 10.5. The van der Waals surface area contributed by atoms with Crippen molar-refractivity contribution < 1.29 is 32.9 Å². The highest BCUT2D eigenvalue weighted by Gasteiger charge is 2.37. The van der Waals surface area contributed by atoms with E-state index in [4.69, 9.17) is 16.3 Å². The second-order valence-electron chi connectivity index (χ2n) is 10.1. The third kappa shape index (κ3) is 6.93. The number of halogens is 4. The van der Waals surface area contributed by atoms with Crippen LogP contribution in [0.4, 0.5) is 18.9 Å². The Kier molecular flexibility index (Phi) is 9.19. The van der Waals surface area contributed by atoms with Gasteiger partial charge in [-0.25, -0.2) is 13.2 Å². The van der Waals surface area contributed by atoms with E-state index < -0.39 is 34.9 Å². The van der Waals surface area contributed by atoms with Crippen LogP contribution in [-0.4, -0.2) is 59.4 Å². The topological polar surface area (TPSA) is 94.9 Å². The average Bonchev–Trinajstić information content (AvgIpc) is 2.90. The molecule has 1 unspecified atom stereocenters. The van der Waals surface area contributed by atoms with Crippen molar-refractivity contribution in [2.75, 3.05) is 38.6 Å². The third-order valence-electron chi connectivity index (χ3n) is 7.53. The number of carbonyl (C=O) groups is 1. The summed E-state index contributed by atoms with van der Waals surface area (Å²) in [6, 6.07) is 7.17. The number of hydrogen-bond acceptors (Lipinski definition) is 6. The van der Waals surface area contributed by atoms with Crippen LogP contribution in [0.25, 0.3) is 10.9 Å². The molecule has 0 amide bonds. The summed E-state index contributed by atoms with van der Waals surface area (Å²) in [5.41, 5.74) is 0.871. The number of ether oxygens (including phenoxy) is 1. The minimum atomic E-state index is -1.50. The number of aliphatic hydroxyl groups excluding tert-OH is 1. The van der Waals surface area contributed by atoms with Gasteiger partial charge in [0.25, 0.3) is 0 Å². The smallest absolute Gasteiger partial charge is 0.303 e. The quantitative estimate of drug-likeness (QED) is 0.253. The van der Waals surface area contributed by atoms with Gasteiger partial charge >= 0.3 is 5.97 Å². The summed E-state index contributed by atoms with van der Waals surface area (Å²) >= 11 is 6.44. The van der Waals surface area contributed by atoms with Gasteiger partial charge in [0.1, 0.15) is 5.75 Å². The first-order chi connectivity index (χ1) is 18.6. The van der Waals surface area contributed by atoms with Gasteiger partial charge in [0.05, 0.1) is 30.2 Å². The Morgan fingerprint density at radius 2 is 1.90 bits per heavy atom. The molecule has 1 atom stereocenters. The number of methoxy groups -OCH3 is 1. The Morgan fingerprint density at radius 1 is 1.21 bits per heavy atom. The van der Waals surface area contributed by atoms with Crippen LogP contribution in [0.1, 0.15) is 43.8 Å². The molecule has 0 bridgehead atoms. The molecule has 210 valence electrons. The summed E-state index contributed by atoms with van der Waals surface area (Å²) in [4.78, 5) is 18.2. The number of aliphatic carboxylic acids is 1. The van der Waals surface area contributed by atoms with E-state index >= 15 is 0 Å². The van der Waals surface area contributed by atoms with Gasteiger partial charge in [0, 0.05) is 48.1 Å². The number of pyridine rings is 1. The first-order valence-corrected chi connectivity index (χ1v) is 13.1. The van der Waals surface area contributed by atoms with E-state index in [1.807, 2.05) is 0 Å². The van der Waals surface area contributed by atoms with Crippen molar-refractivity contribution in [2.45, 2.75) is 38.2 Å². The molecule has 0 spiro atoms. The van der Waals surface area contributed by atoms with Crippen LogP contribution in [0.3, 0.4) is 0 Å². The predicted molar refractivity (Wildman–Crippen MR) is 143 cm³/mol. The largest absolute Gasteiger partial charge is 0.497 e. The fourth-order valence-electron chi connectivity index (χ4n) is 5.32. The van der Waals surface area contributed by atoms with Crippen molar-refractivity contribution in [3.05, 3.63) is 64.6 Å². The van der Waals surface area contributed by atoms with Gasteiger partial charge in [-0.2, -0.15) is 0 Å². The zero-order valence-corrected chi connectivity index (χ0v) is 22.3. The summed E-state index contributed by atoms with van der Waals surface area (Å²) in [6.07, 6.45) is 2.62. The average molecular weight is 566 g/mol. The van der Waals surface area contributed by atoms with Gasteiger partial charge in [-0.1, -0.05) is 11.6 Å². The lowest BCUT2D eigenvalue weighted by Gasteiger charge is -2.41. The normalized spacial score (nSPS) is 16.3. The van der Waals surface area contributed by atoms with Crippen LogP contribution in [-0.2, 0) is 4.79 Å². The van der Waals surface area contributed by atoms with E-state index in [0.717, 1.165) is 12.1 Å². The van der Waals surface area contributed by atoms with Gasteiger partial charge in [-0.3, -0.25) is 9.78 Å². The van der Waals surface area contributed by atoms with Crippen molar-refractivity contribution >= 4 is 34.2 Å². The number of rotatable bonds is 11. The molecule has 0 radical (unpaired) electrons. The number of likely N-dealkylation sites (tertiary alicyclic amines) is 1. The Hall–Kier alpha value is -3.08. The molecule has 4 rings (SSSR count). The van der Waals surface area contributed by atoms with Crippen LogP contribution in [0, 0.1) is 22.9 Å². The number of hydrogen-bond donors (Lipinski definition) is 3. The Balaban J connectivity index is 1.38. The minimum Gasteiger partial charge on any atom is -0.497 e. The molecule has 39 heavy (non-hydrogen) atoms. The molecule has 3 N–H and O–H groups in total. The Morgan fingerprint density at radius 3 is 2.54 bits per heavy atom. The van der Waals surface area contributed by atoms with E-state index in [1.54, 1.807) is 25.3 Å². The maximum Gasteiger partial charge on any atom is 0.303 e. The number of fused-ring (bicyclic) bond motifs is 1. The van der Waals surface area contributed by atoms with Gasteiger partial charge in [0.15, 0.2) is 17.5 Å². The molecule has 1 aliphatic rings. The fourth-order valence-corrected chi connectivity index (χ4v) is 5.60. The lowest BCUT2D eigenvalue weighted by Crippen LogP contribution is -2.43. The lowest BCUT2D eigenvalue weighted by atomic mass is 9.71. The number of nitrogens with zero attached hydrogens (tertiary/aromatic N) is 2. The maximum atomic E-state index is 13.4. The molecular weight excluding hydrogens is 535 g/mol. The van der Waals surface area contributed by atoms with Gasteiger partial charge < -0.3 is 25.2 Å². The highest BCUT2D eigenvalue weighted by atomic mass is 35.5. The molecule has 11 heteroatoms. The fraction of sp³-hybridized carbons (Fsp3) is 0.429. The molecule has 1 fully saturated rings. The SMILES string of the molecule is COc1ccc2ncc(Cl)c(C(O)CCC3(CC(=O)O)CCN(CCNc4cc(F)c(F)c(F)c4)CC3)c2c1. The molecule has 3 aromatic rings. The second kappa shape index (κ2) is 12.4. The molecular formula is C28H31ClF3N3O4. The monoisotopic (exact) mass is 565 g/mol. The highest BCUT2D eigenvalue weighted by Crippen LogP contribution is 2.43. The first-order valence-electron chi connectivity index (χ1n) is 12.7. The van der Waals surface area contributed by atoms with Crippen LogP contribution in [0.2, 0.25) is 5.02 Å². The zero-order chi connectivity index (χ0) is 28.2. The molecule has 0 saturated carbocycles. The van der Waals surface area contributed by atoms with E-state index in [2.05, 4.69) is 15.2 Å². The summed E-state index contributed by atoms with van der Waals surface area (Å²) in [6.45, 7) is 2.21. The molecule has 1 saturated heterocycles. The van der Waals surface area contributed by atoms with Gasteiger partial charge in [-0.15, -0.1) is 0 Å². The molecule has 1 aliphatic heterocycles. The van der Waals surface area contributed by atoms with Crippen LogP contribution in [0.5, 0.6) is 5.75 Å². The molecule has 2 heterocycles. The van der Waals surface area contributed by atoms with Crippen molar-refractivity contribution in [3.63, 3.8) is 0 Å². The number of carboxylic acids is 1. The molecule has 7 nitrogen and oxygen atoms in total. The number of piperidine rings is 1. The highest BCUT2D eigenvalue weighted by molar-refractivity contribution is 6.32. The van der Waals surface area contributed by atoms with Gasteiger partial charge in [-0.05, 0) is 62.4 Å². The Bertz CT molecular complexity index is 1310. The van der Waals surface area contributed by atoms with Crippen molar-refractivity contribution in [3.8, 4) is 5.75 Å². The van der Waals surface area contributed by atoms with Crippen LogP contribution in [0.15, 0.2) is 36.5 Å². The van der Waals surface area contributed by atoms with E-state index in [9.17, 15) is 28.2 Å². The number of carboxylic acid groups (broad SMARTS) is 1. The molecule has 1 aromatic heterocycles. The molecule has 0 aliphatic carbocycles. The number of aromatic nitrogens is 1.